The highest BCUT2D eigenvalue weighted by molar-refractivity contribution is 14.0. The van der Waals surface area contributed by atoms with Crippen molar-refractivity contribution in [2.45, 2.75) is 45.1 Å². The smallest absolute Gasteiger partial charge is 0.233 e. The number of allylic oxidation sites excluding steroid dienone is 2. The minimum atomic E-state index is -0.121. The summed E-state index contributed by atoms with van der Waals surface area (Å²) < 4.78 is 0. The third-order valence-electron chi connectivity index (χ3n) is 7.70. The van der Waals surface area contributed by atoms with Crippen LogP contribution in [0.4, 0.5) is 0 Å². The number of halogens is 1. The summed E-state index contributed by atoms with van der Waals surface area (Å²) in [4.78, 5) is 31.3. The van der Waals surface area contributed by atoms with Gasteiger partial charge in [0.1, 0.15) is 5.75 Å². The lowest BCUT2D eigenvalue weighted by atomic mass is 9.85. The van der Waals surface area contributed by atoms with Gasteiger partial charge in [0.25, 0.3) is 0 Å². The van der Waals surface area contributed by atoms with Gasteiger partial charge in [-0.1, -0.05) is 18.2 Å². The van der Waals surface area contributed by atoms with Gasteiger partial charge in [-0.15, -0.1) is 24.0 Å². The molecular weight excluding hydrogens is 531 g/mol. The summed E-state index contributed by atoms with van der Waals surface area (Å²) in [6.07, 6.45) is 10.3. The van der Waals surface area contributed by atoms with Gasteiger partial charge in [0.05, 0.1) is 11.8 Å². The highest BCUT2D eigenvalue weighted by Crippen LogP contribution is 2.52. The Labute approximate surface area is 212 Å². The summed E-state index contributed by atoms with van der Waals surface area (Å²) in [5, 5.41) is 16.9. The van der Waals surface area contributed by atoms with Gasteiger partial charge < -0.3 is 15.7 Å². The van der Waals surface area contributed by atoms with Gasteiger partial charge in [-0.25, -0.2) is 0 Å². The molecule has 178 valence electrons. The lowest BCUT2D eigenvalue weighted by Crippen LogP contribution is -2.39. The number of aliphatic imine (C=N–C) groups is 1. The van der Waals surface area contributed by atoms with E-state index in [1.807, 2.05) is 6.07 Å². The molecule has 0 radical (unpaired) electrons. The van der Waals surface area contributed by atoms with Crippen molar-refractivity contribution in [1.29, 1.82) is 0 Å². The van der Waals surface area contributed by atoms with Crippen LogP contribution in [0, 0.1) is 23.7 Å². The second kappa shape index (κ2) is 10.0. The van der Waals surface area contributed by atoms with Crippen molar-refractivity contribution in [2.24, 2.45) is 28.7 Å². The van der Waals surface area contributed by atoms with Crippen molar-refractivity contribution in [3.8, 4) is 5.75 Å². The average Bonchev–Trinajstić information content (AvgIpc) is 3.49. The van der Waals surface area contributed by atoms with Crippen LogP contribution in [-0.4, -0.2) is 47.9 Å². The topological polar surface area (TPSA) is 94.0 Å². The fourth-order valence-electron chi connectivity index (χ4n) is 6.11. The summed E-state index contributed by atoms with van der Waals surface area (Å²) in [5.74, 6) is 1.28. The molecule has 3 N–H and O–H groups in total. The quantitative estimate of drug-likeness (QED) is 0.123. The zero-order valence-corrected chi connectivity index (χ0v) is 21.4. The highest BCUT2D eigenvalue weighted by Gasteiger charge is 2.58. The number of imide groups is 1. The van der Waals surface area contributed by atoms with Crippen LogP contribution in [0.2, 0.25) is 0 Å². The molecule has 2 amide bonds. The van der Waals surface area contributed by atoms with Crippen molar-refractivity contribution < 1.29 is 14.7 Å². The number of likely N-dealkylation sites (tertiary alicyclic amines) is 1. The maximum atomic E-state index is 12.8. The molecule has 7 nitrogen and oxygen atoms in total. The first-order valence-corrected chi connectivity index (χ1v) is 11.9. The summed E-state index contributed by atoms with van der Waals surface area (Å²) >= 11 is 0. The van der Waals surface area contributed by atoms with Crippen LogP contribution < -0.4 is 10.6 Å². The second-order valence-electron chi connectivity index (χ2n) is 9.44. The van der Waals surface area contributed by atoms with E-state index < -0.39 is 0 Å². The molecule has 33 heavy (non-hydrogen) atoms. The Morgan fingerprint density at radius 3 is 2.48 bits per heavy atom. The van der Waals surface area contributed by atoms with Gasteiger partial charge in [0.2, 0.25) is 11.8 Å². The number of hydrogen-bond acceptors (Lipinski definition) is 4. The van der Waals surface area contributed by atoms with E-state index in [-0.39, 0.29) is 59.5 Å². The van der Waals surface area contributed by atoms with Crippen LogP contribution in [0.5, 0.6) is 5.75 Å². The molecule has 4 atom stereocenters. The number of guanidine groups is 1. The van der Waals surface area contributed by atoms with Crippen molar-refractivity contribution >= 4 is 41.8 Å². The molecule has 2 bridgehead atoms. The Bertz CT molecular complexity index is 962. The van der Waals surface area contributed by atoms with Crippen LogP contribution in [-0.2, 0) is 29.0 Å². The van der Waals surface area contributed by atoms with Crippen molar-refractivity contribution in [3.05, 3.63) is 41.0 Å². The fourth-order valence-corrected chi connectivity index (χ4v) is 6.11. The molecule has 4 unspecified atom stereocenters. The molecule has 0 spiro atoms. The number of rotatable bonds is 6. The number of carbonyl (C=O) groups excluding carboxylic acids is 2. The number of phenolic OH excluding ortho intramolecular Hbond substituents is 1. The number of aromatic hydroxyl groups is 1. The molecule has 1 heterocycles. The number of phenols is 1. The van der Waals surface area contributed by atoms with Crippen molar-refractivity contribution in [1.82, 2.24) is 15.5 Å². The van der Waals surface area contributed by atoms with Crippen LogP contribution in [0.1, 0.15) is 42.4 Å². The molecule has 5 rings (SSSR count). The second-order valence-corrected chi connectivity index (χ2v) is 9.44. The first-order valence-electron chi connectivity index (χ1n) is 11.9. The first-order chi connectivity index (χ1) is 15.6. The minimum absolute atomic E-state index is 0. The average molecular weight is 564 g/mol. The van der Waals surface area contributed by atoms with Gasteiger partial charge >= 0.3 is 0 Å². The number of carbonyl (C=O) groups is 2. The molecule has 1 aromatic rings. The van der Waals surface area contributed by atoms with Gasteiger partial charge in [-0.3, -0.25) is 19.5 Å². The largest absolute Gasteiger partial charge is 0.508 e. The van der Waals surface area contributed by atoms with Crippen LogP contribution in [0.25, 0.3) is 0 Å². The standard InChI is InChI=1S/C25H32N4O3.HI/c1-26-25(28-14-19-18-6-3-2-5-15(18)9-10-20(19)30)27-11-4-12-29-23(31)21-16-7-8-17(13-16)22(21)24(29)32;/h7-10,16-17,21-22,30H,2-6,11-14H2,1H3,(H2,26,27,28);1H. The Kier molecular flexibility index (Phi) is 7.31. The Morgan fingerprint density at radius 1 is 1.09 bits per heavy atom. The Balaban J connectivity index is 0.00000259. The molecule has 4 aliphatic rings. The number of fused-ring (bicyclic) bond motifs is 6. The summed E-state index contributed by atoms with van der Waals surface area (Å²) in [7, 11) is 1.72. The molecule has 0 aromatic heterocycles. The lowest BCUT2D eigenvalue weighted by molar-refractivity contribution is -0.140. The van der Waals surface area contributed by atoms with E-state index in [2.05, 4.69) is 27.8 Å². The number of amides is 2. The molecule has 1 aliphatic heterocycles. The monoisotopic (exact) mass is 564 g/mol. The molecule has 1 saturated carbocycles. The predicted octanol–water partition coefficient (Wildman–Crippen LogP) is 2.75. The van der Waals surface area contributed by atoms with E-state index in [9.17, 15) is 14.7 Å². The molecular formula is C25H33IN4O3. The predicted molar refractivity (Wildman–Crippen MR) is 137 cm³/mol. The third-order valence-corrected chi connectivity index (χ3v) is 7.70. The lowest BCUT2D eigenvalue weighted by Gasteiger charge is -2.21. The number of hydrogen-bond donors (Lipinski definition) is 3. The molecule has 1 saturated heterocycles. The summed E-state index contributed by atoms with van der Waals surface area (Å²) in [6.45, 7) is 1.56. The zero-order valence-electron chi connectivity index (χ0n) is 19.0. The summed E-state index contributed by atoms with van der Waals surface area (Å²) in [5.41, 5.74) is 3.55. The van der Waals surface area contributed by atoms with E-state index in [4.69, 9.17) is 0 Å². The fraction of sp³-hybridized carbons (Fsp3) is 0.560. The Hall–Kier alpha value is -2.10. The zero-order chi connectivity index (χ0) is 22.2. The van der Waals surface area contributed by atoms with Gasteiger partial charge in [-0.2, -0.15) is 0 Å². The molecule has 1 aromatic carbocycles. The van der Waals surface area contributed by atoms with E-state index in [1.54, 1.807) is 13.1 Å². The van der Waals surface area contributed by atoms with Crippen LogP contribution in [0.15, 0.2) is 29.3 Å². The summed E-state index contributed by atoms with van der Waals surface area (Å²) in [6, 6.07) is 3.83. The maximum Gasteiger partial charge on any atom is 0.233 e. The van der Waals surface area contributed by atoms with Crippen LogP contribution >= 0.6 is 24.0 Å². The Morgan fingerprint density at radius 2 is 1.79 bits per heavy atom. The highest BCUT2D eigenvalue weighted by atomic mass is 127. The number of benzene rings is 1. The van der Waals surface area contributed by atoms with E-state index in [0.29, 0.717) is 37.8 Å². The van der Waals surface area contributed by atoms with Crippen LogP contribution in [0.3, 0.4) is 0 Å². The number of nitrogens with one attached hydrogen (secondary N) is 2. The molecule has 3 aliphatic carbocycles. The number of nitrogens with zero attached hydrogens (tertiary/aromatic N) is 2. The third kappa shape index (κ3) is 4.38. The minimum Gasteiger partial charge on any atom is -0.508 e. The first kappa shape index (κ1) is 24.0. The molecule has 2 fully saturated rings. The van der Waals surface area contributed by atoms with E-state index in [0.717, 1.165) is 31.2 Å². The maximum absolute atomic E-state index is 12.8. The van der Waals surface area contributed by atoms with Crippen molar-refractivity contribution in [3.63, 3.8) is 0 Å². The molecule has 8 heteroatoms. The normalized spacial score (nSPS) is 27.4. The number of aryl methyl sites for hydroxylation is 1. The van der Waals surface area contributed by atoms with E-state index in [1.165, 1.54) is 22.4 Å². The van der Waals surface area contributed by atoms with Gasteiger partial charge in [0, 0.05) is 32.2 Å². The van der Waals surface area contributed by atoms with E-state index >= 15 is 0 Å². The SMILES string of the molecule is CN=C(NCCCN1C(=O)C2C3C=CC(C3)C2C1=O)NCc1c(O)ccc2c1CCCC2.I. The van der Waals surface area contributed by atoms with Crippen molar-refractivity contribution in [2.75, 3.05) is 20.1 Å². The van der Waals surface area contributed by atoms with Gasteiger partial charge in [0.15, 0.2) is 5.96 Å². The van der Waals surface area contributed by atoms with Gasteiger partial charge in [-0.05, 0) is 67.6 Å².